The van der Waals surface area contributed by atoms with Gasteiger partial charge in [-0.05, 0) is 61.7 Å². The predicted octanol–water partition coefficient (Wildman–Crippen LogP) is 3.74. The largest absolute Gasteiger partial charge is 0.490 e. The Morgan fingerprint density at radius 3 is 2.64 bits per heavy atom. The summed E-state index contributed by atoms with van der Waals surface area (Å²) in [6.07, 6.45) is 3.15. The molecule has 1 saturated heterocycles. The number of amides is 1. The van der Waals surface area contributed by atoms with E-state index in [9.17, 15) is 13.2 Å². The van der Waals surface area contributed by atoms with Crippen molar-refractivity contribution >= 4 is 27.3 Å². The minimum absolute atomic E-state index is 0.142. The second kappa shape index (κ2) is 8.48. The second-order valence-electron chi connectivity index (χ2n) is 6.67. The standard InChI is InChI=1S/C21H24N2O4S/c1-3-13-27-19-10-8-18(9-11-19)22-21(24)17-7-6-16(2)20(15-17)23-12-4-5-14-28(23,25)26/h3,6-11,15H,1,4-5,12-14H2,2H3,(H,22,24). The summed E-state index contributed by atoms with van der Waals surface area (Å²) in [5.41, 5.74) is 2.43. The highest BCUT2D eigenvalue weighted by Crippen LogP contribution is 2.28. The number of carbonyl (C=O) groups excluding carboxylic acids is 1. The average molecular weight is 401 g/mol. The molecular formula is C21H24N2O4S. The van der Waals surface area contributed by atoms with E-state index in [0.29, 0.717) is 42.3 Å². The van der Waals surface area contributed by atoms with Crippen molar-refractivity contribution in [3.63, 3.8) is 0 Å². The third-order valence-electron chi connectivity index (χ3n) is 4.57. The number of hydrogen-bond acceptors (Lipinski definition) is 4. The number of sulfonamides is 1. The van der Waals surface area contributed by atoms with E-state index in [1.807, 2.05) is 6.92 Å². The molecule has 148 valence electrons. The lowest BCUT2D eigenvalue weighted by molar-refractivity contribution is 0.102. The van der Waals surface area contributed by atoms with E-state index in [2.05, 4.69) is 11.9 Å². The van der Waals surface area contributed by atoms with Crippen LogP contribution in [-0.4, -0.2) is 33.2 Å². The lowest BCUT2D eigenvalue weighted by Crippen LogP contribution is -2.38. The van der Waals surface area contributed by atoms with Crippen LogP contribution in [0.5, 0.6) is 5.75 Å². The average Bonchev–Trinajstić information content (AvgIpc) is 2.68. The molecule has 1 amide bonds. The first-order chi connectivity index (χ1) is 13.4. The molecule has 0 unspecified atom stereocenters. The van der Waals surface area contributed by atoms with Gasteiger partial charge in [-0.25, -0.2) is 8.42 Å². The fourth-order valence-electron chi connectivity index (χ4n) is 3.07. The Bertz CT molecular complexity index is 968. The van der Waals surface area contributed by atoms with Crippen LogP contribution in [0.15, 0.2) is 55.1 Å². The molecule has 1 aliphatic rings. The van der Waals surface area contributed by atoms with Crippen LogP contribution >= 0.6 is 0 Å². The third kappa shape index (κ3) is 4.54. The molecule has 1 fully saturated rings. The Morgan fingerprint density at radius 1 is 1.21 bits per heavy atom. The number of nitrogens with one attached hydrogen (secondary N) is 1. The number of hydrogen-bond donors (Lipinski definition) is 1. The third-order valence-corrected chi connectivity index (χ3v) is 6.42. The predicted molar refractivity (Wildman–Crippen MR) is 112 cm³/mol. The van der Waals surface area contributed by atoms with Gasteiger partial charge in [-0.1, -0.05) is 18.7 Å². The van der Waals surface area contributed by atoms with Gasteiger partial charge in [0.15, 0.2) is 0 Å². The molecular weight excluding hydrogens is 376 g/mol. The van der Waals surface area contributed by atoms with Gasteiger partial charge in [0.25, 0.3) is 5.91 Å². The molecule has 1 heterocycles. The molecule has 0 atom stereocenters. The van der Waals surface area contributed by atoms with Gasteiger partial charge in [-0.2, -0.15) is 0 Å². The topological polar surface area (TPSA) is 75.7 Å². The van der Waals surface area contributed by atoms with Crippen molar-refractivity contribution in [2.75, 3.05) is 28.5 Å². The van der Waals surface area contributed by atoms with Crippen molar-refractivity contribution in [1.82, 2.24) is 0 Å². The van der Waals surface area contributed by atoms with Crippen LogP contribution in [0.2, 0.25) is 0 Å². The van der Waals surface area contributed by atoms with E-state index >= 15 is 0 Å². The van der Waals surface area contributed by atoms with Gasteiger partial charge in [0.1, 0.15) is 12.4 Å². The number of ether oxygens (including phenoxy) is 1. The van der Waals surface area contributed by atoms with E-state index in [1.54, 1.807) is 48.5 Å². The SMILES string of the molecule is C=CCOc1ccc(NC(=O)c2ccc(C)c(N3CCCCS3(=O)=O)c2)cc1. The van der Waals surface area contributed by atoms with Crippen molar-refractivity contribution in [2.24, 2.45) is 0 Å². The Labute approximate surface area is 165 Å². The zero-order valence-corrected chi connectivity index (χ0v) is 16.7. The summed E-state index contributed by atoms with van der Waals surface area (Å²) in [7, 11) is -3.33. The number of rotatable bonds is 6. The Morgan fingerprint density at radius 2 is 1.96 bits per heavy atom. The van der Waals surface area contributed by atoms with E-state index < -0.39 is 10.0 Å². The van der Waals surface area contributed by atoms with Crippen molar-refractivity contribution in [1.29, 1.82) is 0 Å². The molecule has 6 nitrogen and oxygen atoms in total. The summed E-state index contributed by atoms with van der Waals surface area (Å²) >= 11 is 0. The van der Waals surface area contributed by atoms with E-state index in [1.165, 1.54) is 4.31 Å². The molecule has 1 N–H and O–H groups in total. The van der Waals surface area contributed by atoms with Gasteiger partial charge in [0.05, 0.1) is 11.4 Å². The maximum atomic E-state index is 12.7. The molecule has 0 saturated carbocycles. The van der Waals surface area contributed by atoms with Crippen molar-refractivity contribution in [3.05, 3.63) is 66.2 Å². The molecule has 0 bridgehead atoms. The first-order valence-electron chi connectivity index (χ1n) is 9.17. The van der Waals surface area contributed by atoms with Gasteiger partial charge >= 0.3 is 0 Å². The highest BCUT2D eigenvalue weighted by Gasteiger charge is 2.27. The van der Waals surface area contributed by atoms with E-state index in [0.717, 1.165) is 12.0 Å². The monoisotopic (exact) mass is 400 g/mol. The molecule has 0 radical (unpaired) electrons. The quantitative estimate of drug-likeness (QED) is 0.750. The smallest absolute Gasteiger partial charge is 0.255 e. The zero-order chi connectivity index (χ0) is 20.1. The summed E-state index contributed by atoms with van der Waals surface area (Å²) in [6, 6.07) is 12.2. The fraction of sp³-hybridized carbons (Fsp3) is 0.286. The van der Waals surface area contributed by atoms with Crippen molar-refractivity contribution in [3.8, 4) is 5.75 Å². The molecule has 2 aromatic carbocycles. The lowest BCUT2D eigenvalue weighted by Gasteiger charge is -2.29. The molecule has 3 rings (SSSR count). The lowest BCUT2D eigenvalue weighted by atomic mass is 10.1. The maximum Gasteiger partial charge on any atom is 0.255 e. The van der Waals surface area contributed by atoms with Crippen LogP contribution in [0.3, 0.4) is 0 Å². The van der Waals surface area contributed by atoms with Gasteiger partial charge in [0.2, 0.25) is 10.0 Å². The highest BCUT2D eigenvalue weighted by atomic mass is 32.2. The summed E-state index contributed by atoms with van der Waals surface area (Å²) in [6.45, 7) is 6.31. The minimum atomic E-state index is -3.33. The Balaban J connectivity index is 1.78. The molecule has 1 aliphatic heterocycles. The fourth-order valence-corrected chi connectivity index (χ4v) is 4.76. The Hall–Kier alpha value is -2.80. The molecule has 0 spiro atoms. The normalized spacial score (nSPS) is 15.7. The van der Waals surface area contributed by atoms with Crippen LogP contribution in [0.25, 0.3) is 0 Å². The first kappa shape index (κ1) is 19.9. The van der Waals surface area contributed by atoms with Gasteiger partial charge in [0, 0.05) is 17.8 Å². The number of carbonyl (C=O) groups is 1. The summed E-state index contributed by atoms with van der Waals surface area (Å²) < 4.78 is 31.7. The van der Waals surface area contributed by atoms with Crippen LogP contribution in [0, 0.1) is 6.92 Å². The van der Waals surface area contributed by atoms with E-state index in [-0.39, 0.29) is 11.7 Å². The highest BCUT2D eigenvalue weighted by molar-refractivity contribution is 7.92. The molecule has 28 heavy (non-hydrogen) atoms. The first-order valence-corrected chi connectivity index (χ1v) is 10.8. The van der Waals surface area contributed by atoms with Crippen molar-refractivity contribution in [2.45, 2.75) is 19.8 Å². The van der Waals surface area contributed by atoms with Gasteiger partial charge in [-0.15, -0.1) is 0 Å². The number of anilines is 2. The van der Waals surface area contributed by atoms with Crippen LogP contribution in [-0.2, 0) is 10.0 Å². The van der Waals surface area contributed by atoms with Gasteiger partial charge < -0.3 is 10.1 Å². The molecule has 2 aromatic rings. The summed E-state index contributed by atoms with van der Waals surface area (Å²) in [5, 5.41) is 2.83. The zero-order valence-electron chi connectivity index (χ0n) is 15.8. The maximum absolute atomic E-state index is 12.7. The van der Waals surface area contributed by atoms with Crippen LogP contribution in [0.1, 0.15) is 28.8 Å². The number of benzene rings is 2. The number of nitrogens with zero attached hydrogens (tertiary/aromatic N) is 1. The Kier molecular flexibility index (Phi) is 6.04. The van der Waals surface area contributed by atoms with E-state index in [4.69, 9.17) is 4.74 Å². The minimum Gasteiger partial charge on any atom is -0.490 e. The second-order valence-corrected chi connectivity index (χ2v) is 8.69. The summed E-state index contributed by atoms with van der Waals surface area (Å²) in [4.78, 5) is 12.7. The van der Waals surface area contributed by atoms with Crippen molar-refractivity contribution < 1.29 is 17.9 Å². The van der Waals surface area contributed by atoms with Crippen LogP contribution in [0.4, 0.5) is 11.4 Å². The molecule has 7 heteroatoms. The number of aryl methyl sites for hydroxylation is 1. The van der Waals surface area contributed by atoms with Crippen LogP contribution < -0.4 is 14.4 Å². The molecule has 0 aliphatic carbocycles. The summed E-state index contributed by atoms with van der Waals surface area (Å²) in [5.74, 6) is 0.532. The van der Waals surface area contributed by atoms with Gasteiger partial charge in [-0.3, -0.25) is 9.10 Å². The molecule has 0 aromatic heterocycles.